The summed E-state index contributed by atoms with van der Waals surface area (Å²) in [5, 5.41) is 4.96. The molecule has 1 saturated heterocycles. The Morgan fingerprint density at radius 3 is 2.55 bits per heavy atom. The van der Waals surface area contributed by atoms with Crippen LogP contribution in [0, 0.1) is 23.7 Å². The number of likely N-dealkylation sites (tertiary alicyclic amines) is 1. The SMILES string of the molecule is O=C(CCN1C(=O)[C@@H]2[C@@H](C1=O)[C@H]1C=C[C@H]2C1)Nc1nccs1. The van der Waals surface area contributed by atoms with Crippen LogP contribution in [0.1, 0.15) is 12.8 Å². The third-order valence-electron chi connectivity index (χ3n) is 4.80. The quantitative estimate of drug-likeness (QED) is 0.670. The van der Waals surface area contributed by atoms with Gasteiger partial charge in [-0.25, -0.2) is 4.98 Å². The predicted octanol–water partition coefficient (Wildman–Crippen LogP) is 1.28. The number of carbonyl (C=O) groups is 3. The van der Waals surface area contributed by atoms with Crippen LogP contribution in [0.4, 0.5) is 5.13 Å². The molecule has 1 N–H and O–H groups in total. The van der Waals surface area contributed by atoms with E-state index in [1.54, 1.807) is 11.6 Å². The van der Waals surface area contributed by atoms with Gasteiger partial charge in [-0.3, -0.25) is 19.3 Å². The smallest absolute Gasteiger partial charge is 0.233 e. The molecule has 2 aliphatic carbocycles. The third kappa shape index (κ3) is 1.99. The van der Waals surface area contributed by atoms with Gasteiger partial charge in [0.1, 0.15) is 0 Å². The largest absolute Gasteiger partial charge is 0.302 e. The molecule has 3 aliphatic rings. The second kappa shape index (κ2) is 5.01. The molecule has 4 atom stereocenters. The van der Waals surface area contributed by atoms with Gasteiger partial charge in [-0.05, 0) is 18.3 Å². The van der Waals surface area contributed by atoms with E-state index in [9.17, 15) is 14.4 Å². The number of anilines is 1. The zero-order valence-corrected chi connectivity index (χ0v) is 12.6. The lowest BCUT2D eigenvalue weighted by Gasteiger charge is -2.16. The van der Waals surface area contributed by atoms with Crippen LogP contribution in [-0.4, -0.2) is 34.2 Å². The van der Waals surface area contributed by atoms with Gasteiger partial charge >= 0.3 is 0 Å². The van der Waals surface area contributed by atoms with E-state index in [2.05, 4.69) is 22.5 Å². The number of rotatable bonds is 4. The molecule has 7 heteroatoms. The van der Waals surface area contributed by atoms with Crippen molar-refractivity contribution >= 4 is 34.2 Å². The Balaban J connectivity index is 1.39. The first kappa shape index (κ1) is 13.6. The van der Waals surface area contributed by atoms with Gasteiger partial charge in [0.05, 0.1) is 11.8 Å². The summed E-state index contributed by atoms with van der Waals surface area (Å²) < 4.78 is 0. The van der Waals surface area contributed by atoms with Crippen LogP contribution in [0.2, 0.25) is 0 Å². The number of carbonyl (C=O) groups excluding carboxylic acids is 3. The van der Waals surface area contributed by atoms with E-state index in [4.69, 9.17) is 0 Å². The van der Waals surface area contributed by atoms with Gasteiger partial charge in [-0.15, -0.1) is 11.3 Å². The predicted molar refractivity (Wildman–Crippen MR) is 79.8 cm³/mol. The van der Waals surface area contributed by atoms with Crippen molar-refractivity contribution in [2.45, 2.75) is 12.8 Å². The number of nitrogens with one attached hydrogen (secondary N) is 1. The van der Waals surface area contributed by atoms with E-state index in [1.807, 2.05) is 0 Å². The lowest BCUT2D eigenvalue weighted by molar-refractivity contribution is -0.140. The number of aromatic nitrogens is 1. The van der Waals surface area contributed by atoms with Crippen LogP contribution in [0.3, 0.4) is 0 Å². The molecule has 2 heterocycles. The number of imide groups is 1. The maximum absolute atomic E-state index is 12.4. The second-order valence-corrected chi connectivity index (χ2v) is 6.86. The monoisotopic (exact) mass is 317 g/mol. The van der Waals surface area contributed by atoms with Crippen molar-refractivity contribution < 1.29 is 14.4 Å². The Morgan fingerprint density at radius 1 is 1.27 bits per heavy atom. The molecular weight excluding hydrogens is 302 g/mol. The summed E-state index contributed by atoms with van der Waals surface area (Å²) in [6.07, 6.45) is 6.77. The molecule has 114 valence electrons. The topological polar surface area (TPSA) is 79.4 Å². The summed E-state index contributed by atoms with van der Waals surface area (Å²) in [5.41, 5.74) is 0. The fraction of sp³-hybridized carbons (Fsp3) is 0.467. The first-order valence-electron chi connectivity index (χ1n) is 7.38. The Kier molecular flexibility index (Phi) is 3.11. The first-order valence-corrected chi connectivity index (χ1v) is 8.26. The fourth-order valence-corrected chi connectivity index (χ4v) is 4.41. The number of fused-ring (bicyclic) bond motifs is 5. The summed E-state index contributed by atoms with van der Waals surface area (Å²) in [5.74, 6) is -0.397. The summed E-state index contributed by atoms with van der Waals surface area (Å²) >= 11 is 1.33. The minimum atomic E-state index is -0.228. The zero-order valence-electron chi connectivity index (χ0n) is 11.8. The second-order valence-electron chi connectivity index (χ2n) is 5.96. The average molecular weight is 317 g/mol. The first-order chi connectivity index (χ1) is 10.6. The Bertz CT molecular complexity index is 640. The molecule has 6 nitrogen and oxygen atoms in total. The minimum Gasteiger partial charge on any atom is -0.302 e. The minimum absolute atomic E-state index is 0.103. The molecule has 2 bridgehead atoms. The van der Waals surface area contributed by atoms with Gasteiger partial charge in [0, 0.05) is 24.5 Å². The van der Waals surface area contributed by atoms with Gasteiger partial charge in [0.15, 0.2) is 5.13 Å². The van der Waals surface area contributed by atoms with Crippen molar-refractivity contribution in [1.29, 1.82) is 0 Å². The Hall–Kier alpha value is -2.02. The number of thiazole rings is 1. The van der Waals surface area contributed by atoms with Gasteiger partial charge in [0.2, 0.25) is 17.7 Å². The van der Waals surface area contributed by atoms with E-state index in [-0.39, 0.29) is 54.4 Å². The van der Waals surface area contributed by atoms with Crippen molar-refractivity contribution in [1.82, 2.24) is 9.88 Å². The van der Waals surface area contributed by atoms with Crippen molar-refractivity contribution in [2.75, 3.05) is 11.9 Å². The number of nitrogens with zero attached hydrogens (tertiary/aromatic N) is 2. The highest BCUT2D eigenvalue weighted by atomic mass is 32.1. The molecule has 1 saturated carbocycles. The Morgan fingerprint density at radius 2 is 1.95 bits per heavy atom. The Labute approximate surface area is 131 Å². The highest BCUT2D eigenvalue weighted by molar-refractivity contribution is 7.13. The van der Waals surface area contributed by atoms with Crippen LogP contribution >= 0.6 is 11.3 Å². The van der Waals surface area contributed by atoms with Crippen molar-refractivity contribution in [2.24, 2.45) is 23.7 Å². The van der Waals surface area contributed by atoms with E-state index < -0.39 is 0 Å². The van der Waals surface area contributed by atoms with Crippen LogP contribution in [0.5, 0.6) is 0 Å². The fourth-order valence-electron chi connectivity index (χ4n) is 3.86. The molecule has 4 rings (SSSR count). The van der Waals surface area contributed by atoms with Gasteiger partial charge < -0.3 is 5.32 Å². The van der Waals surface area contributed by atoms with Gasteiger partial charge in [0.25, 0.3) is 0 Å². The number of hydrogen-bond donors (Lipinski definition) is 1. The molecule has 2 fully saturated rings. The summed E-state index contributed by atoms with van der Waals surface area (Å²) in [4.78, 5) is 42.0. The standard InChI is InChI=1S/C15H15N3O3S/c19-10(17-15-16-4-6-22-15)3-5-18-13(20)11-8-1-2-9(7-8)12(11)14(18)21/h1-2,4,6,8-9,11-12H,3,5,7H2,(H,16,17,19)/t8-,9-,11-,12-/m0/s1. The molecule has 1 aromatic rings. The highest BCUT2D eigenvalue weighted by Gasteiger charge is 2.58. The lowest BCUT2D eigenvalue weighted by atomic mass is 9.85. The van der Waals surface area contributed by atoms with Crippen molar-refractivity contribution in [3.8, 4) is 0 Å². The number of allylic oxidation sites excluding steroid dienone is 2. The molecule has 0 radical (unpaired) electrons. The molecule has 0 unspecified atom stereocenters. The summed E-state index contributed by atoms with van der Waals surface area (Å²) in [7, 11) is 0. The van der Waals surface area contributed by atoms with E-state index in [1.165, 1.54) is 16.2 Å². The molecule has 1 aromatic heterocycles. The third-order valence-corrected chi connectivity index (χ3v) is 5.49. The highest BCUT2D eigenvalue weighted by Crippen LogP contribution is 2.52. The molecule has 1 aliphatic heterocycles. The van der Waals surface area contributed by atoms with Gasteiger partial charge in [-0.2, -0.15) is 0 Å². The van der Waals surface area contributed by atoms with Crippen LogP contribution < -0.4 is 5.32 Å². The molecular formula is C15H15N3O3S. The van der Waals surface area contributed by atoms with Crippen molar-refractivity contribution in [3.05, 3.63) is 23.7 Å². The number of amides is 3. The van der Waals surface area contributed by atoms with Crippen LogP contribution in [0.25, 0.3) is 0 Å². The zero-order chi connectivity index (χ0) is 15.3. The van der Waals surface area contributed by atoms with Gasteiger partial charge in [-0.1, -0.05) is 12.2 Å². The van der Waals surface area contributed by atoms with E-state index >= 15 is 0 Å². The number of hydrogen-bond acceptors (Lipinski definition) is 5. The maximum atomic E-state index is 12.4. The van der Waals surface area contributed by atoms with Crippen LogP contribution in [-0.2, 0) is 14.4 Å². The van der Waals surface area contributed by atoms with E-state index in [0.29, 0.717) is 5.13 Å². The lowest BCUT2D eigenvalue weighted by Crippen LogP contribution is -2.35. The molecule has 0 spiro atoms. The van der Waals surface area contributed by atoms with Crippen LogP contribution in [0.15, 0.2) is 23.7 Å². The summed E-state index contributed by atoms with van der Waals surface area (Å²) in [6.45, 7) is 0.154. The normalized spacial score (nSPS) is 31.9. The molecule has 3 amide bonds. The average Bonchev–Trinajstić information content (AvgIpc) is 3.24. The van der Waals surface area contributed by atoms with E-state index in [0.717, 1.165) is 6.42 Å². The summed E-state index contributed by atoms with van der Waals surface area (Å²) in [6, 6.07) is 0. The maximum Gasteiger partial charge on any atom is 0.233 e. The van der Waals surface area contributed by atoms with Crippen molar-refractivity contribution in [3.63, 3.8) is 0 Å². The molecule has 22 heavy (non-hydrogen) atoms. The molecule has 0 aromatic carbocycles.